The molecule has 0 unspecified atom stereocenters. The summed E-state index contributed by atoms with van der Waals surface area (Å²) in [6.07, 6.45) is 16.5. The molecule has 0 aromatic carbocycles. The van der Waals surface area contributed by atoms with Crippen LogP contribution in [-0.4, -0.2) is 20.3 Å². The lowest BCUT2D eigenvalue weighted by Gasteiger charge is -2.57. The molecule has 5 rings (SSSR count). The fourth-order valence-corrected chi connectivity index (χ4v) is 8.65. The summed E-state index contributed by atoms with van der Waals surface area (Å²) in [5.41, 5.74) is 0.959. The van der Waals surface area contributed by atoms with E-state index in [1.807, 2.05) is 12.5 Å². The molecule has 8 atom stereocenters. The van der Waals surface area contributed by atoms with Crippen molar-refractivity contribution < 1.29 is 5.11 Å². The van der Waals surface area contributed by atoms with E-state index in [0.29, 0.717) is 17.3 Å². The van der Waals surface area contributed by atoms with Crippen LogP contribution in [0.5, 0.6) is 0 Å². The molecule has 1 aromatic rings. The molecule has 1 heterocycles. The fraction of sp³-hybridized carbons (Fsp3) is 0.731. The van der Waals surface area contributed by atoms with Gasteiger partial charge in [0, 0.05) is 24.3 Å². The first-order valence-corrected chi connectivity index (χ1v) is 12.3. The summed E-state index contributed by atoms with van der Waals surface area (Å²) in [6.45, 7) is 8.04. The summed E-state index contributed by atoms with van der Waals surface area (Å²) in [6, 6.07) is 0. The van der Waals surface area contributed by atoms with Crippen LogP contribution in [-0.2, 0) is 6.54 Å². The van der Waals surface area contributed by atoms with Crippen LogP contribution in [0.1, 0.15) is 64.7 Å². The van der Waals surface area contributed by atoms with Crippen molar-refractivity contribution in [2.45, 2.75) is 76.9 Å². The zero-order valence-electron chi connectivity index (χ0n) is 18.2. The maximum atomic E-state index is 10.8. The van der Waals surface area contributed by atoms with Crippen molar-refractivity contribution in [2.75, 3.05) is 0 Å². The van der Waals surface area contributed by atoms with Crippen LogP contribution in [0.4, 0.5) is 0 Å². The summed E-state index contributed by atoms with van der Waals surface area (Å²) in [5.74, 6) is 7.48. The standard InChI is InChI=1S/C26H35ClN2O/c1-18(16-29-14-13-28-17-29)23-5-6-24-22-4-3-19-15-26(30,11-12-27)10-8-20(19)21(22)7-9-25(23,24)2/h13-14,17,19-24,30H,1,3-10,15-16H2,2H3/t19-,20+,21-,22-,23-,24+,25-,26-/m1/s1. The van der Waals surface area contributed by atoms with Gasteiger partial charge in [-0.15, -0.1) is 0 Å². The highest BCUT2D eigenvalue weighted by Gasteiger charge is 2.57. The van der Waals surface area contributed by atoms with Crippen molar-refractivity contribution in [1.82, 2.24) is 9.55 Å². The average Bonchev–Trinajstić information content (AvgIpc) is 3.34. The SMILES string of the molecule is C=C(Cn1ccnc1)[C@H]1CC[C@H]2[C@@H]3CC[C@@H]4C[C@](O)(C#CCl)CC[C@@H]4[C@H]3CC[C@]12C. The summed E-state index contributed by atoms with van der Waals surface area (Å²) >= 11 is 5.64. The molecule has 4 aliphatic carbocycles. The van der Waals surface area contributed by atoms with Gasteiger partial charge < -0.3 is 9.67 Å². The van der Waals surface area contributed by atoms with Crippen molar-refractivity contribution in [3.63, 3.8) is 0 Å². The van der Waals surface area contributed by atoms with E-state index in [0.717, 1.165) is 49.5 Å². The Balaban J connectivity index is 1.31. The topological polar surface area (TPSA) is 38.0 Å². The van der Waals surface area contributed by atoms with Gasteiger partial charge >= 0.3 is 0 Å². The minimum Gasteiger partial charge on any atom is -0.378 e. The van der Waals surface area contributed by atoms with Gasteiger partial charge in [0.25, 0.3) is 0 Å². The number of allylic oxidation sites excluding steroid dienone is 1. The third-order valence-corrected chi connectivity index (χ3v) is 9.82. The first-order valence-electron chi connectivity index (χ1n) is 11.9. The quantitative estimate of drug-likeness (QED) is 0.501. The molecule has 0 radical (unpaired) electrons. The maximum Gasteiger partial charge on any atom is 0.127 e. The second-order valence-electron chi connectivity index (χ2n) is 11.0. The summed E-state index contributed by atoms with van der Waals surface area (Å²) in [7, 11) is 0. The Hall–Kier alpha value is -1.24. The zero-order chi connectivity index (χ0) is 20.9. The van der Waals surface area contributed by atoms with Crippen molar-refractivity contribution >= 4 is 11.6 Å². The number of imidazole rings is 1. The minimum atomic E-state index is -0.845. The summed E-state index contributed by atoms with van der Waals surface area (Å²) in [5, 5.41) is 13.3. The zero-order valence-corrected chi connectivity index (χ0v) is 18.9. The number of fused-ring (bicyclic) bond motifs is 5. The highest BCUT2D eigenvalue weighted by Crippen LogP contribution is 2.65. The number of halogens is 1. The van der Waals surface area contributed by atoms with Gasteiger partial charge in [-0.25, -0.2) is 4.98 Å². The third-order valence-electron chi connectivity index (χ3n) is 9.73. The van der Waals surface area contributed by atoms with Crippen LogP contribution >= 0.6 is 11.6 Å². The van der Waals surface area contributed by atoms with E-state index in [1.165, 1.54) is 44.1 Å². The third kappa shape index (κ3) is 3.35. The van der Waals surface area contributed by atoms with Gasteiger partial charge in [-0.2, -0.15) is 0 Å². The van der Waals surface area contributed by atoms with E-state index in [4.69, 9.17) is 11.6 Å². The monoisotopic (exact) mass is 426 g/mol. The van der Waals surface area contributed by atoms with Gasteiger partial charge in [0.1, 0.15) is 5.60 Å². The molecule has 4 saturated carbocycles. The molecule has 0 bridgehead atoms. The number of rotatable bonds is 3. The molecule has 1 N–H and O–H groups in total. The fourth-order valence-electron chi connectivity index (χ4n) is 8.48. The van der Waals surface area contributed by atoms with E-state index in [2.05, 4.69) is 40.6 Å². The van der Waals surface area contributed by atoms with Crippen LogP contribution < -0.4 is 0 Å². The second kappa shape index (κ2) is 7.72. The number of nitrogens with zero attached hydrogens (tertiary/aromatic N) is 2. The summed E-state index contributed by atoms with van der Waals surface area (Å²) in [4.78, 5) is 4.20. The van der Waals surface area contributed by atoms with Crippen LogP contribution in [0.3, 0.4) is 0 Å². The van der Waals surface area contributed by atoms with Crippen LogP contribution in [0, 0.1) is 52.2 Å². The van der Waals surface area contributed by atoms with Crippen LogP contribution in [0.2, 0.25) is 0 Å². The van der Waals surface area contributed by atoms with E-state index in [-0.39, 0.29) is 0 Å². The molecular weight excluding hydrogens is 392 g/mol. The molecule has 4 heteroatoms. The molecule has 30 heavy (non-hydrogen) atoms. The van der Waals surface area contributed by atoms with Gasteiger partial charge in [0.05, 0.1) is 6.33 Å². The first kappa shape index (κ1) is 20.7. The van der Waals surface area contributed by atoms with Crippen molar-refractivity contribution in [3.8, 4) is 11.3 Å². The lowest BCUT2D eigenvalue weighted by Crippen LogP contribution is -2.50. The lowest BCUT2D eigenvalue weighted by molar-refractivity contribution is -0.0874. The molecule has 4 aliphatic rings. The number of hydrogen-bond donors (Lipinski definition) is 1. The van der Waals surface area contributed by atoms with Crippen LogP contribution in [0.25, 0.3) is 0 Å². The Morgan fingerprint density at radius 3 is 2.77 bits per heavy atom. The van der Waals surface area contributed by atoms with Crippen LogP contribution in [0.15, 0.2) is 30.9 Å². The van der Waals surface area contributed by atoms with Crippen molar-refractivity contribution in [1.29, 1.82) is 0 Å². The van der Waals surface area contributed by atoms with Gasteiger partial charge in [0.15, 0.2) is 0 Å². The second-order valence-corrected chi connectivity index (χ2v) is 11.2. The van der Waals surface area contributed by atoms with Gasteiger partial charge in [-0.1, -0.05) is 25.0 Å². The highest BCUT2D eigenvalue weighted by atomic mass is 35.5. The smallest absolute Gasteiger partial charge is 0.127 e. The molecule has 0 saturated heterocycles. The lowest BCUT2D eigenvalue weighted by atomic mass is 9.48. The number of aliphatic hydroxyl groups is 1. The van der Waals surface area contributed by atoms with Crippen molar-refractivity contribution in [3.05, 3.63) is 30.9 Å². The maximum absolute atomic E-state index is 10.8. The number of aromatic nitrogens is 2. The Bertz CT molecular complexity index is 854. The Kier molecular flexibility index (Phi) is 5.31. The average molecular weight is 427 g/mol. The van der Waals surface area contributed by atoms with E-state index in [1.54, 1.807) is 0 Å². The van der Waals surface area contributed by atoms with Crippen molar-refractivity contribution in [2.24, 2.45) is 40.9 Å². The predicted molar refractivity (Wildman–Crippen MR) is 121 cm³/mol. The van der Waals surface area contributed by atoms with E-state index >= 15 is 0 Å². The Labute approximate surface area is 186 Å². The molecule has 4 fully saturated rings. The molecule has 3 nitrogen and oxygen atoms in total. The molecule has 1 aromatic heterocycles. The minimum absolute atomic E-state index is 0.408. The Morgan fingerprint density at radius 1 is 1.17 bits per heavy atom. The first-order chi connectivity index (χ1) is 14.4. The van der Waals surface area contributed by atoms with Gasteiger partial charge in [-0.05, 0) is 110 Å². The van der Waals surface area contributed by atoms with Gasteiger partial charge in [0.2, 0.25) is 0 Å². The molecular formula is C26H35ClN2O. The van der Waals surface area contributed by atoms with E-state index in [9.17, 15) is 5.11 Å². The summed E-state index contributed by atoms with van der Waals surface area (Å²) < 4.78 is 2.17. The highest BCUT2D eigenvalue weighted by molar-refractivity contribution is 6.30. The molecule has 0 amide bonds. The number of hydrogen-bond acceptors (Lipinski definition) is 2. The largest absolute Gasteiger partial charge is 0.378 e. The Morgan fingerprint density at radius 2 is 2.00 bits per heavy atom. The normalized spacial score (nSPS) is 44.9. The molecule has 0 spiro atoms. The van der Waals surface area contributed by atoms with Gasteiger partial charge in [-0.3, -0.25) is 0 Å². The molecule has 0 aliphatic heterocycles. The predicted octanol–water partition coefficient (Wildman–Crippen LogP) is 5.64. The molecule has 162 valence electrons. The van der Waals surface area contributed by atoms with E-state index < -0.39 is 5.60 Å².